The zero-order chi connectivity index (χ0) is 14.6. The molecule has 0 aliphatic carbocycles. The Morgan fingerprint density at radius 2 is 2.00 bits per heavy atom. The molecule has 1 amide bonds. The van der Waals surface area contributed by atoms with E-state index in [9.17, 15) is 4.79 Å². The predicted octanol–water partition coefficient (Wildman–Crippen LogP) is 2.43. The van der Waals surface area contributed by atoms with E-state index in [1.54, 1.807) is 0 Å². The second kappa shape index (κ2) is 6.64. The van der Waals surface area contributed by atoms with E-state index in [0.29, 0.717) is 13.0 Å². The molecular weight excluding hydrogens is 268 g/mol. The average Bonchev–Trinajstić information content (AvgIpc) is 2.60. The average molecular weight is 292 g/mol. The largest absolute Gasteiger partial charge is 0.342 e. The van der Waals surface area contributed by atoms with Gasteiger partial charge in [0.1, 0.15) is 0 Å². The van der Waals surface area contributed by atoms with E-state index in [0.717, 1.165) is 36.4 Å². The minimum absolute atomic E-state index is 0.226. The molecule has 20 heavy (non-hydrogen) atoms. The third kappa shape index (κ3) is 4.00. The number of hydrogen-bond acceptors (Lipinski definition) is 3. The molecule has 0 bridgehead atoms. The van der Waals surface area contributed by atoms with E-state index >= 15 is 0 Å². The summed E-state index contributed by atoms with van der Waals surface area (Å²) in [5.41, 5.74) is 7.88. The first-order valence-electron chi connectivity index (χ1n) is 7.20. The minimum atomic E-state index is 0.226. The molecule has 3 nitrogen and oxygen atoms in total. The van der Waals surface area contributed by atoms with E-state index in [1.807, 2.05) is 40.9 Å². The lowest BCUT2D eigenvalue weighted by molar-refractivity contribution is -0.130. The van der Waals surface area contributed by atoms with Crippen molar-refractivity contribution >= 4 is 17.7 Å². The molecule has 110 valence electrons. The molecule has 0 aromatic heterocycles. The fraction of sp³-hybridized carbons (Fsp3) is 0.562. The lowest BCUT2D eigenvalue weighted by Gasteiger charge is -2.23. The van der Waals surface area contributed by atoms with Crippen LogP contribution in [0.3, 0.4) is 0 Å². The van der Waals surface area contributed by atoms with Crippen LogP contribution >= 0.6 is 11.8 Å². The van der Waals surface area contributed by atoms with Crippen LogP contribution in [0.4, 0.5) is 0 Å². The van der Waals surface area contributed by atoms with Gasteiger partial charge in [-0.15, -0.1) is 0 Å². The summed E-state index contributed by atoms with van der Waals surface area (Å²) in [7, 11) is 0. The first kappa shape index (κ1) is 15.4. The summed E-state index contributed by atoms with van der Waals surface area (Å²) in [5, 5.41) is 0. The smallest absolute Gasteiger partial charge is 0.227 e. The first-order chi connectivity index (χ1) is 9.52. The Morgan fingerprint density at radius 3 is 2.70 bits per heavy atom. The van der Waals surface area contributed by atoms with Crippen LogP contribution in [0.5, 0.6) is 0 Å². The van der Waals surface area contributed by atoms with Crippen LogP contribution in [0.25, 0.3) is 0 Å². The van der Waals surface area contributed by atoms with E-state index in [2.05, 4.69) is 13.8 Å². The second-order valence-corrected chi connectivity index (χ2v) is 7.69. The minimum Gasteiger partial charge on any atom is -0.342 e. The Hall–Kier alpha value is -1.00. The van der Waals surface area contributed by atoms with Crippen molar-refractivity contribution in [3.63, 3.8) is 0 Å². The normalized spacial score (nSPS) is 18.6. The molecule has 0 saturated carbocycles. The fourth-order valence-electron chi connectivity index (χ4n) is 2.47. The predicted molar refractivity (Wildman–Crippen MR) is 85.8 cm³/mol. The highest BCUT2D eigenvalue weighted by atomic mass is 32.2. The van der Waals surface area contributed by atoms with Crippen molar-refractivity contribution in [3.05, 3.63) is 35.4 Å². The van der Waals surface area contributed by atoms with Gasteiger partial charge in [0.15, 0.2) is 0 Å². The Balaban J connectivity index is 2.01. The zero-order valence-electron chi connectivity index (χ0n) is 12.4. The van der Waals surface area contributed by atoms with Crippen molar-refractivity contribution in [2.75, 3.05) is 18.8 Å². The molecule has 0 radical (unpaired) electrons. The number of carbonyl (C=O) groups is 1. The Labute approximate surface area is 125 Å². The molecule has 2 rings (SSSR count). The summed E-state index contributed by atoms with van der Waals surface area (Å²) >= 11 is 1.96. The topological polar surface area (TPSA) is 46.3 Å². The maximum atomic E-state index is 12.5. The number of hydrogen-bond donors (Lipinski definition) is 1. The molecule has 0 spiro atoms. The van der Waals surface area contributed by atoms with E-state index in [-0.39, 0.29) is 10.7 Å². The molecule has 1 fully saturated rings. The van der Waals surface area contributed by atoms with Gasteiger partial charge in [0, 0.05) is 30.1 Å². The maximum Gasteiger partial charge on any atom is 0.227 e. The Morgan fingerprint density at radius 1 is 1.30 bits per heavy atom. The lowest BCUT2D eigenvalue weighted by Crippen LogP contribution is -2.35. The SMILES string of the molecule is CC1(C)CCN(C(=O)Cc2ccccc2CN)CCS1. The summed E-state index contributed by atoms with van der Waals surface area (Å²) in [6.45, 7) is 6.73. The quantitative estimate of drug-likeness (QED) is 0.930. The van der Waals surface area contributed by atoms with Crippen molar-refractivity contribution in [1.29, 1.82) is 0 Å². The van der Waals surface area contributed by atoms with Gasteiger partial charge in [-0.2, -0.15) is 11.8 Å². The highest BCUT2D eigenvalue weighted by Crippen LogP contribution is 2.30. The number of nitrogens with two attached hydrogens (primary N) is 1. The molecule has 4 heteroatoms. The van der Waals surface area contributed by atoms with Crippen LogP contribution < -0.4 is 5.73 Å². The highest BCUT2D eigenvalue weighted by molar-refractivity contribution is 8.00. The second-order valence-electron chi connectivity index (χ2n) is 5.89. The van der Waals surface area contributed by atoms with Crippen molar-refractivity contribution in [3.8, 4) is 0 Å². The first-order valence-corrected chi connectivity index (χ1v) is 8.19. The molecule has 0 unspecified atom stereocenters. The summed E-state index contributed by atoms with van der Waals surface area (Å²) in [4.78, 5) is 14.5. The number of nitrogens with zero attached hydrogens (tertiary/aromatic N) is 1. The standard InChI is InChI=1S/C16H24N2OS/c1-16(2)7-8-18(9-10-20-16)15(19)11-13-5-3-4-6-14(13)12-17/h3-6H,7-12,17H2,1-2H3. The van der Waals surface area contributed by atoms with Gasteiger partial charge in [0.25, 0.3) is 0 Å². The van der Waals surface area contributed by atoms with Gasteiger partial charge in [-0.25, -0.2) is 0 Å². The van der Waals surface area contributed by atoms with Gasteiger partial charge in [-0.1, -0.05) is 38.1 Å². The van der Waals surface area contributed by atoms with Gasteiger partial charge in [0.2, 0.25) is 5.91 Å². The monoisotopic (exact) mass is 292 g/mol. The Kier molecular flexibility index (Phi) is 5.11. The highest BCUT2D eigenvalue weighted by Gasteiger charge is 2.26. The van der Waals surface area contributed by atoms with Gasteiger partial charge in [0.05, 0.1) is 6.42 Å². The Bertz CT molecular complexity index is 473. The lowest BCUT2D eigenvalue weighted by atomic mass is 10.0. The summed E-state index contributed by atoms with van der Waals surface area (Å²) in [5.74, 6) is 1.25. The van der Waals surface area contributed by atoms with Crippen molar-refractivity contribution < 1.29 is 4.79 Å². The third-order valence-electron chi connectivity index (χ3n) is 3.87. The molecule has 2 N–H and O–H groups in total. The van der Waals surface area contributed by atoms with Crippen molar-refractivity contribution in [2.45, 2.75) is 38.0 Å². The van der Waals surface area contributed by atoms with Gasteiger partial charge >= 0.3 is 0 Å². The van der Waals surface area contributed by atoms with Crippen LogP contribution in [-0.4, -0.2) is 34.4 Å². The van der Waals surface area contributed by atoms with E-state index in [1.165, 1.54) is 0 Å². The summed E-state index contributed by atoms with van der Waals surface area (Å²) < 4.78 is 0.282. The molecule has 1 aliphatic rings. The maximum absolute atomic E-state index is 12.5. The van der Waals surface area contributed by atoms with Gasteiger partial charge in [-0.3, -0.25) is 4.79 Å². The molecule has 1 saturated heterocycles. The van der Waals surface area contributed by atoms with Crippen LogP contribution in [-0.2, 0) is 17.8 Å². The molecule has 1 heterocycles. The van der Waals surface area contributed by atoms with E-state index in [4.69, 9.17) is 5.73 Å². The molecule has 1 aliphatic heterocycles. The van der Waals surface area contributed by atoms with Crippen molar-refractivity contribution in [2.24, 2.45) is 5.73 Å². The molecule has 0 atom stereocenters. The molecular formula is C16H24N2OS. The number of amides is 1. The van der Waals surface area contributed by atoms with Gasteiger partial charge < -0.3 is 10.6 Å². The van der Waals surface area contributed by atoms with E-state index < -0.39 is 0 Å². The fourth-order valence-corrected chi connectivity index (χ4v) is 3.57. The van der Waals surface area contributed by atoms with Crippen LogP contribution in [0.1, 0.15) is 31.4 Å². The number of carbonyl (C=O) groups excluding carboxylic acids is 1. The van der Waals surface area contributed by atoms with Crippen LogP contribution in [0.15, 0.2) is 24.3 Å². The van der Waals surface area contributed by atoms with Gasteiger partial charge in [-0.05, 0) is 17.5 Å². The number of benzene rings is 1. The summed E-state index contributed by atoms with van der Waals surface area (Å²) in [6, 6.07) is 7.96. The van der Waals surface area contributed by atoms with Crippen LogP contribution in [0, 0.1) is 0 Å². The third-order valence-corrected chi connectivity index (χ3v) is 5.24. The summed E-state index contributed by atoms with van der Waals surface area (Å²) in [6.07, 6.45) is 1.53. The number of thioether (sulfide) groups is 1. The van der Waals surface area contributed by atoms with Crippen LogP contribution in [0.2, 0.25) is 0 Å². The van der Waals surface area contributed by atoms with Crippen molar-refractivity contribution in [1.82, 2.24) is 4.90 Å². The molecule has 1 aromatic carbocycles. The molecule has 1 aromatic rings. The number of rotatable bonds is 3. The zero-order valence-corrected chi connectivity index (χ0v) is 13.2.